The molecule has 0 bridgehead atoms. The van der Waals surface area contributed by atoms with Crippen molar-refractivity contribution in [2.45, 2.75) is 40.5 Å². The molecule has 9 nitrogen and oxygen atoms in total. The maximum absolute atomic E-state index is 12.6. The first-order chi connectivity index (χ1) is 14.7. The van der Waals surface area contributed by atoms with Gasteiger partial charge >= 0.3 is 6.09 Å². The molecule has 0 saturated heterocycles. The van der Waals surface area contributed by atoms with Crippen LogP contribution >= 0.6 is 0 Å². The topological polar surface area (TPSA) is 138 Å². The van der Waals surface area contributed by atoms with Crippen LogP contribution in [0, 0.1) is 19.3 Å². The minimum atomic E-state index is -1.31. The van der Waals surface area contributed by atoms with Gasteiger partial charge in [-0.15, -0.1) is 0 Å². The van der Waals surface area contributed by atoms with Crippen molar-refractivity contribution in [2.24, 2.45) is 0 Å². The summed E-state index contributed by atoms with van der Waals surface area (Å²) in [6, 6.07) is 5.19. The van der Waals surface area contributed by atoms with Crippen molar-refractivity contribution in [1.82, 2.24) is 15.2 Å². The molecule has 0 aliphatic rings. The molecule has 9 heteroatoms. The molecule has 2 aromatic rings. The van der Waals surface area contributed by atoms with E-state index in [2.05, 4.69) is 15.6 Å². The zero-order chi connectivity index (χ0) is 23.1. The molecule has 0 fully saturated rings. The van der Waals surface area contributed by atoms with E-state index >= 15 is 0 Å². The summed E-state index contributed by atoms with van der Waals surface area (Å²) in [5.74, 6) is -0.818. The number of carbonyl (C=O) groups excluding carboxylic acids is 2. The third-order valence-corrected chi connectivity index (χ3v) is 4.84. The molecule has 1 aromatic carbocycles. The van der Waals surface area contributed by atoms with Gasteiger partial charge in [-0.25, -0.2) is 9.69 Å². The van der Waals surface area contributed by atoms with Crippen LogP contribution in [0.4, 0.5) is 10.5 Å². The van der Waals surface area contributed by atoms with Crippen molar-refractivity contribution in [2.75, 3.05) is 18.4 Å². The monoisotopic (exact) mass is 427 g/mol. The predicted molar refractivity (Wildman–Crippen MR) is 119 cm³/mol. The molecule has 0 aliphatic heterocycles. The van der Waals surface area contributed by atoms with Crippen molar-refractivity contribution >= 4 is 29.4 Å². The minimum Gasteiger partial charge on any atom is -0.465 e. The van der Waals surface area contributed by atoms with E-state index in [0.717, 1.165) is 16.9 Å². The summed E-state index contributed by atoms with van der Waals surface area (Å²) in [6.07, 6.45) is 1.44. The number of aryl methyl sites for hydroxylation is 1. The van der Waals surface area contributed by atoms with E-state index in [0.29, 0.717) is 35.5 Å². The Morgan fingerprint density at radius 2 is 1.87 bits per heavy atom. The van der Waals surface area contributed by atoms with Crippen LogP contribution in [0.2, 0.25) is 0 Å². The van der Waals surface area contributed by atoms with E-state index in [1.54, 1.807) is 32.0 Å². The SMILES string of the molecule is CCCNC(=O)c1ccc(C)c(NC(=N)c2[nH]cc(C(=O)N(CCC)C(=O)O)c2C)c1. The molecule has 0 saturated carbocycles. The third-order valence-electron chi connectivity index (χ3n) is 4.84. The first-order valence-corrected chi connectivity index (χ1v) is 10.2. The van der Waals surface area contributed by atoms with Gasteiger partial charge in [-0.3, -0.25) is 15.0 Å². The molecule has 5 N–H and O–H groups in total. The first-order valence-electron chi connectivity index (χ1n) is 10.2. The molecule has 1 heterocycles. The molecular formula is C22H29N5O4. The average molecular weight is 428 g/mol. The summed E-state index contributed by atoms with van der Waals surface area (Å²) in [7, 11) is 0. The molecular weight excluding hydrogens is 398 g/mol. The number of carbonyl (C=O) groups is 3. The van der Waals surface area contributed by atoms with Gasteiger partial charge in [0.05, 0.1) is 11.3 Å². The number of imide groups is 1. The van der Waals surface area contributed by atoms with Crippen molar-refractivity contribution in [1.29, 1.82) is 5.41 Å². The van der Waals surface area contributed by atoms with Crippen molar-refractivity contribution in [3.8, 4) is 0 Å². The molecule has 166 valence electrons. The Hall–Kier alpha value is -3.62. The quantitative estimate of drug-likeness (QED) is 0.323. The van der Waals surface area contributed by atoms with Gasteiger partial charge in [0.25, 0.3) is 11.8 Å². The van der Waals surface area contributed by atoms with Crippen molar-refractivity contribution in [3.05, 3.63) is 52.3 Å². The van der Waals surface area contributed by atoms with E-state index in [4.69, 9.17) is 5.41 Å². The molecule has 3 amide bonds. The molecule has 31 heavy (non-hydrogen) atoms. The smallest absolute Gasteiger partial charge is 0.414 e. The zero-order valence-corrected chi connectivity index (χ0v) is 18.3. The highest BCUT2D eigenvalue weighted by Gasteiger charge is 2.25. The molecule has 0 radical (unpaired) electrons. The first kappa shape index (κ1) is 23.7. The van der Waals surface area contributed by atoms with E-state index in [1.807, 2.05) is 13.8 Å². The number of nitrogens with one attached hydrogen (secondary N) is 4. The van der Waals surface area contributed by atoms with E-state index in [9.17, 15) is 19.5 Å². The second kappa shape index (κ2) is 10.4. The summed E-state index contributed by atoms with van der Waals surface area (Å²) in [4.78, 5) is 39.9. The molecule has 0 unspecified atom stereocenters. The van der Waals surface area contributed by atoms with Gasteiger partial charge in [-0.05, 0) is 49.9 Å². The summed E-state index contributed by atoms with van der Waals surface area (Å²) in [6.45, 7) is 7.94. The fourth-order valence-corrected chi connectivity index (χ4v) is 3.07. The Balaban J connectivity index is 2.25. The van der Waals surface area contributed by atoms with E-state index < -0.39 is 12.0 Å². The number of aromatic amines is 1. The second-order valence-electron chi connectivity index (χ2n) is 7.23. The number of aromatic nitrogens is 1. The van der Waals surface area contributed by atoms with Crippen LogP contribution in [-0.4, -0.2) is 51.8 Å². The van der Waals surface area contributed by atoms with Crippen LogP contribution < -0.4 is 10.6 Å². The van der Waals surface area contributed by atoms with Crippen LogP contribution in [0.1, 0.15) is 64.2 Å². The van der Waals surface area contributed by atoms with E-state index in [-0.39, 0.29) is 23.9 Å². The lowest BCUT2D eigenvalue weighted by molar-refractivity contribution is 0.0741. The largest absolute Gasteiger partial charge is 0.465 e. The Morgan fingerprint density at radius 3 is 2.48 bits per heavy atom. The summed E-state index contributed by atoms with van der Waals surface area (Å²) in [5, 5.41) is 23.5. The average Bonchev–Trinajstić information content (AvgIpc) is 3.12. The van der Waals surface area contributed by atoms with Crippen LogP contribution in [-0.2, 0) is 0 Å². The predicted octanol–water partition coefficient (Wildman–Crippen LogP) is 3.74. The third kappa shape index (κ3) is 5.50. The zero-order valence-electron chi connectivity index (χ0n) is 18.3. The van der Waals surface area contributed by atoms with Gasteiger partial charge in [-0.1, -0.05) is 19.9 Å². The van der Waals surface area contributed by atoms with Crippen molar-refractivity contribution < 1.29 is 19.5 Å². The van der Waals surface area contributed by atoms with Gasteiger partial charge in [0.15, 0.2) is 0 Å². The Morgan fingerprint density at radius 1 is 1.16 bits per heavy atom. The lowest BCUT2D eigenvalue weighted by atomic mass is 10.1. The highest BCUT2D eigenvalue weighted by atomic mass is 16.4. The molecule has 1 aromatic heterocycles. The van der Waals surface area contributed by atoms with Gasteiger partial charge < -0.3 is 20.7 Å². The summed E-state index contributed by atoms with van der Waals surface area (Å²) >= 11 is 0. The van der Waals surface area contributed by atoms with Gasteiger partial charge in [0.1, 0.15) is 5.84 Å². The highest BCUT2D eigenvalue weighted by Crippen LogP contribution is 2.21. The molecule has 0 atom stereocenters. The second-order valence-corrected chi connectivity index (χ2v) is 7.23. The van der Waals surface area contributed by atoms with Crippen molar-refractivity contribution in [3.63, 3.8) is 0 Å². The number of nitrogens with zero attached hydrogens (tertiary/aromatic N) is 1. The number of hydrogen-bond donors (Lipinski definition) is 5. The number of anilines is 1. The standard InChI is InChI=1S/C22H29N5O4/c1-5-9-24-20(28)15-8-7-13(3)17(11-15)26-19(23)18-14(4)16(12-25-18)21(29)27(10-6-2)22(30)31/h7-8,11-12,25H,5-6,9-10H2,1-4H3,(H2,23,26)(H,24,28)(H,30,31). The normalized spacial score (nSPS) is 10.5. The van der Waals surface area contributed by atoms with Gasteiger partial charge in [0, 0.05) is 30.5 Å². The van der Waals surface area contributed by atoms with Crippen LogP contribution in [0.15, 0.2) is 24.4 Å². The number of amidine groups is 1. The molecule has 0 spiro atoms. The maximum Gasteiger partial charge on any atom is 0.414 e. The number of amides is 3. The Bertz CT molecular complexity index is 996. The number of hydrogen-bond acceptors (Lipinski definition) is 4. The fraction of sp³-hybridized carbons (Fsp3) is 0.364. The lowest BCUT2D eigenvalue weighted by Crippen LogP contribution is -2.36. The van der Waals surface area contributed by atoms with Crippen LogP contribution in [0.25, 0.3) is 0 Å². The number of rotatable bonds is 8. The maximum atomic E-state index is 12.6. The minimum absolute atomic E-state index is 0.00290. The van der Waals surface area contributed by atoms with Crippen LogP contribution in [0.3, 0.4) is 0 Å². The summed E-state index contributed by atoms with van der Waals surface area (Å²) in [5.41, 5.74) is 2.95. The Kier molecular flexibility index (Phi) is 7.95. The lowest BCUT2D eigenvalue weighted by Gasteiger charge is -2.16. The number of carboxylic acid groups (broad SMARTS) is 1. The van der Waals surface area contributed by atoms with E-state index in [1.165, 1.54) is 6.20 Å². The number of benzene rings is 1. The Labute approximate surface area is 181 Å². The fourth-order valence-electron chi connectivity index (χ4n) is 3.07. The number of H-pyrrole nitrogens is 1. The highest BCUT2D eigenvalue weighted by molar-refractivity contribution is 6.10. The molecule has 0 aliphatic carbocycles. The summed E-state index contributed by atoms with van der Waals surface area (Å²) < 4.78 is 0. The molecule has 2 rings (SSSR count). The van der Waals surface area contributed by atoms with Crippen LogP contribution in [0.5, 0.6) is 0 Å². The van der Waals surface area contributed by atoms with Gasteiger partial charge in [0.2, 0.25) is 0 Å². The van der Waals surface area contributed by atoms with Gasteiger partial charge in [-0.2, -0.15) is 0 Å².